The van der Waals surface area contributed by atoms with Crippen LogP contribution in [-0.2, 0) is 4.79 Å². The van der Waals surface area contributed by atoms with Crippen LogP contribution in [0.25, 0.3) is 0 Å². The Balaban J connectivity index is 2.04. The SMILES string of the molecule is C[C@H](Oc1ccc(Cl)cc1Br)C(=O)Nc1cccnc1Cl. The second-order valence-corrected chi connectivity index (χ2v) is 5.81. The van der Waals surface area contributed by atoms with Crippen molar-refractivity contribution < 1.29 is 9.53 Å². The van der Waals surface area contributed by atoms with E-state index < -0.39 is 6.10 Å². The van der Waals surface area contributed by atoms with Crippen molar-refractivity contribution in [1.82, 2.24) is 4.98 Å². The van der Waals surface area contributed by atoms with Crippen molar-refractivity contribution in [2.45, 2.75) is 13.0 Å². The van der Waals surface area contributed by atoms with Gasteiger partial charge in [-0.25, -0.2) is 4.98 Å². The predicted molar refractivity (Wildman–Crippen MR) is 87.1 cm³/mol. The van der Waals surface area contributed by atoms with Crippen LogP contribution in [-0.4, -0.2) is 17.0 Å². The molecule has 7 heteroatoms. The number of benzene rings is 1. The van der Waals surface area contributed by atoms with Crippen LogP contribution in [0.2, 0.25) is 10.2 Å². The molecule has 0 saturated heterocycles. The standard InChI is InChI=1S/C14H11BrCl2N2O2/c1-8(21-12-5-4-9(16)7-10(12)15)14(20)19-11-3-2-6-18-13(11)17/h2-8H,1H3,(H,19,20)/t8-/m0/s1. The monoisotopic (exact) mass is 388 g/mol. The minimum absolute atomic E-state index is 0.228. The highest BCUT2D eigenvalue weighted by atomic mass is 79.9. The van der Waals surface area contributed by atoms with Gasteiger partial charge in [0, 0.05) is 11.2 Å². The number of pyridine rings is 1. The lowest BCUT2D eigenvalue weighted by Crippen LogP contribution is -2.30. The van der Waals surface area contributed by atoms with Gasteiger partial charge in [0.2, 0.25) is 0 Å². The molecule has 21 heavy (non-hydrogen) atoms. The molecule has 0 radical (unpaired) electrons. The highest BCUT2D eigenvalue weighted by Crippen LogP contribution is 2.29. The molecule has 0 unspecified atom stereocenters. The van der Waals surface area contributed by atoms with Gasteiger partial charge in [-0.3, -0.25) is 4.79 Å². The first-order valence-corrected chi connectivity index (χ1v) is 7.55. The first-order chi connectivity index (χ1) is 9.97. The first-order valence-electron chi connectivity index (χ1n) is 6.00. The zero-order valence-electron chi connectivity index (χ0n) is 10.9. The molecular formula is C14H11BrCl2N2O2. The predicted octanol–water partition coefficient (Wildman–Crippen LogP) is 4.56. The van der Waals surface area contributed by atoms with Crippen LogP contribution in [0.3, 0.4) is 0 Å². The summed E-state index contributed by atoms with van der Waals surface area (Å²) in [5.74, 6) is 0.200. The summed E-state index contributed by atoms with van der Waals surface area (Å²) in [5, 5.41) is 3.47. The minimum atomic E-state index is -0.709. The Morgan fingerprint density at radius 3 is 2.81 bits per heavy atom. The first kappa shape index (κ1) is 16.1. The van der Waals surface area contributed by atoms with Gasteiger partial charge in [-0.05, 0) is 53.2 Å². The molecule has 1 N–H and O–H groups in total. The molecule has 2 rings (SSSR count). The van der Waals surface area contributed by atoms with Gasteiger partial charge in [0.1, 0.15) is 5.75 Å². The average Bonchev–Trinajstić information content (AvgIpc) is 2.44. The van der Waals surface area contributed by atoms with Gasteiger partial charge in [0.15, 0.2) is 11.3 Å². The summed E-state index contributed by atoms with van der Waals surface area (Å²) in [6.45, 7) is 1.64. The lowest BCUT2D eigenvalue weighted by molar-refractivity contribution is -0.122. The number of aromatic nitrogens is 1. The topological polar surface area (TPSA) is 51.2 Å². The number of halogens is 3. The van der Waals surface area contributed by atoms with Crippen molar-refractivity contribution >= 4 is 50.7 Å². The Morgan fingerprint density at radius 1 is 1.38 bits per heavy atom. The molecule has 0 fully saturated rings. The lowest BCUT2D eigenvalue weighted by Gasteiger charge is -2.16. The summed E-state index contributed by atoms with van der Waals surface area (Å²) in [6, 6.07) is 8.41. The zero-order valence-corrected chi connectivity index (χ0v) is 14.0. The minimum Gasteiger partial charge on any atom is -0.480 e. The number of rotatable bonds is 4. The van der Waals surface area contributed by atoms with Crippen molar-refractivity contribution in [3.8, 4) is 5.75 Å². The Morgan fingerprint density at radius 2 is 2.14 bits per heavy atom. The van der Waals surface area contributed by atoms with Gasteiger partial charge in [-0.15, -0.1) is 0 Å². The van der Waals surface area contributed by atoms with Gasteiger partial charge in [-0.1, -0.05) is 23.2 Å². The summed E-state index contributed by atoms with van der Waals surface area (Å²) in [4.78, 5) is 16.0. The van der Waals surface area contributed by atoms with Crippen LogP contribution in [0.5, 0.6) is 5.75 Å². The van der Waals surface area contributed by atoms with Crippen LogP contribution in [0.1, 0.15) is 6.92 Å². The fourth-order valence-corrected chi connectivity index (χ4v) is 2.47. The van der Waals surface area contributed by atoms with Crippen LogP contribution in [0.15, 0.2) is 41.0 Å². The molecule has 0 aliphatic carbocycles. The fraction of sp³-hybridized carbons (Fsp3) is 0.143. The number of carbonyl (C=O) groups excluding carboxylic acids is 1. The van der Waals surface area contributed by atoms with Crippen LogP contribution < -0.4 is 10.1 Å². The summed E-state index contributed by atoms with van der Waals surface area (Å²) >= 11 is 15.1. The number of ether oxygens (including phenoxy) is 1. The van der Waals surface area contributed by atoms with Crippen LogP contribution >= 0.6 is 39.1 Å². The molecule has 0 aliphatic heterocycles. The molecule has 0 saturated carbocycles. The van der Waals surface area contributed by atoms with Gasteiger partial charge >= 0.3 is 0 Å². The lowest BCUT2D eigenvalue weighted by atomic mass is 10.3. The molecule has 110 valence electrons. The summed E-state index contributed by atoms with van der Waals surface area (Å²) in [6.07, 6.45) is 0.835. The van der Waals surface area contributed by atoms with Crippen molar-refractivity contribution in [1.29, 1.82) is 0 Å². The maximum atomic E-state index is 12.1. The largest absolute Gasteiger partial charge is 0.480 e. The van der Waals surface area contributed by atoms with Gasteiger partial charge in [-0.2, -0.15) is 0 Å². The highest BCUT2D eigenvalue weighted by molar-refractivity contribution is 9.10. The second kappa shape index (κ2) is 7.11. The quantitative estimate of drug-likeness (QED) is 0.780. The Bertz CT molecular complexity index is 667. The molecule has 1 aromatic carbocycles. The molecule has 1 amide bonds. The van der Waals surface area contributed by atoms with Gasteiger partial charge < -0.3 is 10.1 Å². The number of anilines is 1. The summed E-state index contributed by atoms with van der Waals surface area (Å²) in [7, 11) is 0. The number of nitrogens with one attached hydrogen (secondary N) is 1. The molecule has 0 spiro atoms. The molecule has 1 heterocycles. The Kier molecular flexibility index (Phi) is 5.45. The van der Waals surface area contributed by atoms with E-state index >= 15 is 0 Å². The Hall–Kier alpha value is -1.30. The average molecular weight is 390 g/mol. The molecular weight excluding hydrogens is 379 g/mol. The Labute approximate surface area is 140 Å². The van der Waals surface area contributed by atoms with Crippen molar-refractivity contribution in [3.63, 3.8) is 0 Å². The fourth-order valence-electron chi connectivity index (χ4n) is 1.53. The van der Waals surface area contributed by atoms with E-state index in [1.54, 1.807) is 43.5 Å². The third-order valence-electron chi connectivity index (χ3n) is 2.58. The van der Waals surface area contributed by atoms with Crippen molar-refractivity contribution in [2.24, 2.45) is 0 Å². The zero-order chi connectivity index (χ0) is 15.4. The van der Waals surface area contributed by atoms with Crippen molar-refractivity contribution in [2.75, 3.05) is 5.32 Å². The smallest absolute Gasteiger partial charge is 0.265 e. The van der Waals surface area contributed by atoms with Gasteiger partial charge in [0.25, 0.3) is 5.91 Å². The molecule has 1 atom stereocenters. The van der Waals surface area contributed by atoms with Crippen LogP contribution in [0, 0.1) is 0 Å². The molecule has 1 aromatic heterocycles. The summed E-state index contributed by atoms with van der Waals surface area (Å²) in [5.41, 5.74) is 0.440. The van der Waals surface area contributed by atoms with E-state index in [9.17, 15) is 4.79 Å². The number of nitrogens with zero attached hydrogens (tertiary/aromatic N) is 1. The number of hydrogen-bond acceptors (Lipinski definition) is 3. The molecule has 4 nitrogen and oxygen atoms in total. The van der Waals surface area contributed by atoms with E-state index in [-0.39, 0.29) is 11.1 Å². The summed E-state index contributed by atoms with van der Waals surface area (Å²) < 4.78 is 6.27. The number of amides is 1. The third kappa shape index (κ3) is 4.33. The van der Waals surface area contributed by atoms with Crippen molar-refractivity contribution in [3.05, 3.63) is 51.2 Å². The normalized spacial score (nSPS) is 11.8. The van der Waals surface area contributed by atoms with E-state index in [1.807, 2.05) is 0 Å². The van der Waals surface area contributed by atoms with E-state index in [0.29, 0.717) is 20.9 Å². The maximum absolute atomic E-state index is 12.1. The van der Waals surface area contributed by atoms with E-state index in [0.717, 1.165) is 0 Å². The number of hydrogen-bond donors (Lipinski definition) is 1. The van der Waals surface area contributed by atoms with E-state index in [4.69, 9.17) is 27.9 Å². The number of carbonyl (C=O) groups is 1. The second-order valence-electron chi connectivity index (χ2n) is 4.17. The van der Waals surface area contributed by atoms with E-state index in [1.165, 1.54) is 0 Å². The third-order valence-corrected chi connectivity index (χ3v) is 3.74. The van der Waals surface area contributed by atoms with Crippen LogP contribution in [0.4, 0.5) is 5.69 Å². The molecule has 2 aromatic rings. The maximum Gasteiger partial charge on any atom is 0.265 e. The molecule has 0 aliphatic rings. The molecule has 0 bridgehead atoms. The van der Waals surface area contributed by atoms with E-state index in [2.05, 4.69) is 26.2 Å². The highest BCUT2D eigenvalue weighted by Gasteiger charge is 2.17. The van der Waals surface area contributed by atoms with Gasteiger partial charge in [0.05, 0.1) is 10.2 Å².